The minimum absolute atomic E-state index is 0.0905. The number of nitrogens with one attached hydrogen (secondary N) is 1. The van der Waals surface area contributed by atoms with Crippen molar-refractivity contribution in [1.29, 1.82) is 0 Å². The Kier molecular flexibility index (Phi) is 22.7. The summed E-state index contributed by atoms with van der Waals surface area (Å²) in [6.45, 7) is 1.90. The Balaban J connectivity index is 3.99. The standard InChI is InChI=1S/C28H46NO10P/c1-3-5-6-7-8-9-10-11-12-13-14-15-16-17-18-20-27(32)37-21-24(30)22-38-40(35,36)39-23-25(28(33)34)29-26(31)19-4-2/h5-6,8-9,11-12,14-15,24-25,30H,3-4,7,10,13,16-23H2,1-2H3,(H,29,31)(H,33,34)(H,35,36)/b6-5-,9-8-,12-11-,15-14-. The van der Waals surface area contributed by atoms with Gasteiger partial charge in [-0.05, 0) is 51.4 Å². The van der Waals surface area contributed by atoms with Crippen LogP contribution in [0, 0.1) is 0 Å². The number of aliphatic hydroxyl groups is 1. The molecule has 11 nitrogen and oxygen atoms in total. The highest BCUT2D eigenvalue weighted by molar-refractivity contribution is 7.47. The van der Waals surface area contributed by atoms with Gasteiger partial charge in [0.15, 0.2) is 6.04 Å². The molecule has 0 spiro atoms. The third-order valence-electron chi connectivity index (χ3n) is 5.10. The van der Waals surface area contributed by atoms with Crippen molar-refractivity contribution in [3.63, 3.8) is 0 Å². The molecule has 0 bridgehead atoms. The first-order valence-corrected chi connectivity index (χ1v) is 15.2. The predicted octanol–water partition coefficient (Wildman–Crippen LogP) is 4.76. The number of hydrogen-bond donors (Lipinski definition) is 4. The zero-order chi connectivity index (χ0) is 30.1. The largest absolute Gasteiger partial charge is 0.480 e. The van der Waals surface area contributed by atoms with Crippen molar-refractivity contribution < 1.29 is 47.8 Å². The highest BCUT2D eigenvalue weighted by atomic mass is 31.2. The molecule has 0 radical (unpaired) electrons. The van der Waals surface area contributed by atoms with Gasteiger partial charge in [0, 0.05) is 12.8 Å². The van der Waals surface area contributed by atoms with Gasteiger partial charge < -0.3 is 25.2 Å². The van der Waals surface area contributed by atoms with E-state index < -0.39 is 57.6 Å². The molecular weight excluding hydrogens is 541 g/mol. The van der Waals surface area contributed by atoms with Crippen LogP contribution < -0.4 is 5.32 Å². The van der Waals surface area contributed by atoms with Gasteiger partial charge in [-0.15, -0.1) is 0 Å². The topological polar surface area (TPSA) is 169 Å². The number of allylic oxidation sites excluding steroid dienone is 8. The summed E-state index contributed by atoms with van der Waals surface area (Å²) in [6.07, 6.45) is 22.4. The number of carboxylic acids is 1. The maximum absolute atomic E-state index is 11.9. The maximum atomic E-state index is 11.9. The molecule has 0 saturated carbocycles. The Morgan fingerprint density at radius 3 is 1.98 bits per heavy atom. The highest BCUT2D eigenvalue weighted by Crippen LogP contribution is 2.43. The van der Waals surface area contributed by atoms with Crippen LogP contribution in [0.3, 0.4) is 0 Å². The van der Waals surface area contributed by atoms with Crippen LogP contribution in [0.25, 0.3) is 0 Å². The van der Waals surface area contributed by atoms with Crippen molar-refractivity contribution in [2.45, 2.75) is 90.2 Å². The molecule has 3 unspecified atom stereocenters. The lowest BCUT2D eigenvalue weighted by Crippen LogP contribution is -2.43. The Morgan fingerprint density at radius 2 is 1.40 bits per heavy atom. The van der Waals surface area contributed by atoms with Crippen molar-refractivity contribution in [3.8, 4) is 0 Å². The first-order valence-electron chi connectivity index (χ1n) is 13.7. The van der Waals surface area contributed by atoms with Crippen molar-refractivity contribution in [2.24, 2.45) is 0 Å². The van der Waals surface area contributed by atoms with Crippen LogP contribution in [0.2, 0.25) is 0 Å². The average Bonchev–Trinajstić information content (AvgIpc) is 2.91. The summed E-state index contributed by atoms with van der Waals surface area (Å²) >= 11 is 0. The number of carbonyl (C=O) groups is 3. The number of phosphoric acid groups is 1. The van der Waals surface area contributed by atoms with Crippen LogP contribution in [0.5, 0.6) is 0 Å². The maximum Gasteiger partial charge on any atom is 0.472 e. The SMILES string of the molecule is CC/C=C\C/C=C\C/C=C\C/C=C\CCCCC(=O)OCC(O)COP(=O)(O)OCC(NC(=O)CCC)C(=O)O. The van der Waals surface area contributed by atoms with E-state index in [4.69, 9.17) is 9.84 Å². The summed E-state index contributed by atoms with van der Waals surface area (Å²) in [4.78, 5) is 44.3. The summed E-state index contributed by atoms with van der Waals surface area (Å²) in [5.74, 6) is -2.51. The molecule has 0 aromatic rings. The zero-order valence-corrected chi connectivity index (χ0v) is 24.5. The first kappa shape index (κ1) is 37.4. The lowest BCUT2D eigenvalue weighted by Gasteiger charge is -2.18. The smallest absolute Gasteiger partial charge is 0.472 e. The normalized spacial score (nSPS) is 15.1. The van der Waals surface area contributed by atoms with Gasteiger partial charge in [0.2, 0.25) is 5.91 Å². The molecule has 12 heteroatoms. The van der Waals surface area contributed by atoms with E-state index in [1.165, 1.54) is 0 Å². The second kappa shape index (κ2) is 24.3. The summed E-state index contributed by atoms with van der Waals surface area (Å²) in [5.41, 5.74) is 0. The van der Waals surface area contributed by atoms with E-state index >= 15 is 0 Å². The fraction of sp³-hybridized carbons (Fsp3) is 0.607. The number of rotatable bonds is 24. The number of aliphatic hydroxyl groups excluding tert-OH is 1. The fourth-order valence-corrected chi connectivity index (χ4v) is 3.77. The molecule has 228 valence electrons. The molecule has 0 aromatic carbocycles. The van der Waals surface area contributed by atoms with Crippen molar-refractivity contribution >= 4 is 25.7 Å². The molecular formula is C28H46NO10P. The number of ether oxygens (including phenoxy) is 1. The highest BCUT2D eigenvalue weighted by Gasteiger charge is 2.28. The van der Waals surface area contributed by atoms with Gasteiger partial charge in [-0.3, -0.25) is 18.6 Å². The number of amides is 1. The molecule has 0 aliphatic heterocycles. The Morgan fingerprint density at radius 1 is 0.825 bits per heavy atom. The van der Waals surface area contributed by atoms with Crippen LogP contribution in [0.4, 0.5) is 0 Å². The average molecular weight is 588 g/mol. The van der Waals surface area contributed by atoms with Gasteiger partial charge in [0.1, 0.15) is 12.7 Å². The molecule has 1 amide bonds. The lowest BCUT2D eigenvalue weighted by molar-refractivity contribution is -0.147. The van der Waals surface area contributed by atoms with Gasteiger partial charge in [-0.2, -0.15) is 0 Å². The Bertz CT molecular complexity index is 884. The number of esters is 1. The molecule has 0 aliphatic rings. The molecule has 0 rings (SSSR count). The summed E-state index contributed by atoms with van der Waals surface area (Å²) in [7, 11) is -4.72. The quantitative estimate of drug-likeness (QED) is 0.0535. The molecule has 4 N–H and O–H groups in total. The molecule has 0 aromatic heterocycles. The molecule has 0 heterocycles. The number of carbonyl (C=O) groups excluding carboxylic acids is 2. The van der Waals surface area contributed by atoms with Gasteiger partial charge in [0.25, 0.3) is 0 Å². The number of aliphatic carboxylic acids is 1. The van der Waals surface area contributed by atoms with Gasteiger partial charge in [-0.25, -0.2) is 9.36 Å². The minimum atomic E-state index is -4.72. The monoisotopic (exact) mass is 587 g/mol. The van der Waals surface area contributed by atoms with Crippen molar-refractivity contribution in [2.75, 3.05) is 19.8 Å². The van der Waals surface area contributed by atoms with Gasteiger partial charge in [0.05, 0.1) is 13.2 Å². The van der Waals surface area contributed by atoms with Crippen LogP contribution in [-0.4, -0.2) is 64.9 Å². The Hall–Kier alpha value is -2.56. The van der Waals surface area contributed by atoms with Crippen molar-refractivity contribution in [1.82, 2.24) is 5.32 Å². The van der Waals surface area contributed by atoms with E-state index in [0.717, 1.165) is 38.5 Å². The Labute approximate surface area is 237 Å². The summed E-state index contributed by atoms with van der Waals surface area (Å²) < 4.78 is 26.1. The summed E-state index contributed by atoms with van der Waals surface area (Å²) in [5, 5.41) is 21.1. The molecule has 0 saturated heterocycles. The zero-order valence-electron chi connectivity index (χ0n) is 23.6. The van der Waals surface area contributed by atoms with E-state index in [2.05, 4.69) is 69.9 Å². The number of hydrogen-bond acceptors (Lipinski definition) is 8. The van der Waals surface area contributed by atoms with E-state index in [-0.39, 0.29) is 12.8 Å². The predicted molar refractivity (Wildman–Crippen MR) is 152 cm³/mol. The van der Waals surface area contributed by atoms with Crippen LogP contribution in [0.1, 0.15) is 78.1 Å². The van der Waals surface area contributed by atoms with E-state index in [0.29, 0.717) is 12.8 Å². The van der Waals surface area contributed by atoms with Crippen molar-refractivity contribution in [3.05, 3.63) is 48.6 Å². The first-order chi connectivity index (χ1) is 19.1. The second-order valence-electron chi connectivity index (χ2n) is 8.85. The number of carboxylic acid groups (broad SMARTS) is 1. The van der Waals surface area contributed by atoms with Gasteiger partial charge >= 0.3 is 19.8 Å². The molecule has 0 fully saturated rings. The second-order valence-corrected chi connectivity index (χ2v) is 10.3. The summed E-state index contributed by atoms with van der Waals surface area (Å²) in [6, 6.07) is -1.54. The van der Waals surface area contributed by atoms with Crippen LogP contribution >= 0.6 is 7.82 Å². The van der Waals surface area contributed by atoms with E-state index in [1.54, 1.807) is 6.92 Å². The third kappa shape index (κ3) is 23.3. The van der Waals surface area contributed by atoms with E-state index in [1.807, 2.05) is 0 Å². The molecule has 40 heavy (non-hydrogen) atoms. The number of unbranched alkanes of at least 4 members (excludes halogenated alkanes) is 2. The van der Waals surface area contributed by atoms with Crippen LogP contribution in [-0.2, 0) is 32.7 Å². The van der Waals surface area contributed by atoms with E-state index in [9.17, 15) is 28.9 Å². The number of phosphoric ester groups is 1. The fourth-order valence-electron chi connectivity index (χ4n) is 2.99. The minimum Gasteiger partial charge on any atom is -0.480 e. The molecule has 0 aliphatic carbocycles. The lowest BCUT2D eigenvalue weighted by atomic mass is 10.2. The third-order valence-corrected chi connectivity index (χ3v) is 6.05. The molecule has 3 atom stereocenters. The van der Waals surface area contributed by atoms with Gasteiger partial charge in [-0.1, -0.05) is 62.5 Å². The van der Waals surface area contributed by atoms with Crippen LogP contribution in [0.15, 0.2) is 48.6 Å².